The first kappa shape index (κ1) is 10.6. The van der Waals surface area contributed by atoms with E-state index in [1.54, 1.807) is 0 Å². The molecule has 0 unspecified atom stereocenters. The van der Waals surface area contributed by atoms with Crippen LogP contribution < -0.4 is 0 Å². The molecule has 88 valence electrons. The normalized spacial score (nSPS) is 15.6. The van der Waals surface area contributed by atoms with Gasteiger partial charge in [0, 0.05) is 29.2 Å². The number of fused-ring (bicyclic) bond motifs is 3. The van der Waals surface area contributed by atoms with Gasteiger partial charge < -0.3 is 4.57 Å². The van der Waals surface area contributed by atoms with Crippen molar-refractivity contribution in [2.24, 2.45) is 7.05 Å². The molecular weight excluding hydrogens is 210 g/mol. The molecule has 2 heteroatoms. The van der Waals surface area contributed by atoms with Gasteiger partial charge in [0.1, 0.15) is 6.29 Å². The van der Waals surface area contributed by atoms with Crippen molar-refractivity contribution in [1.82, 2.24) is 4.57 Å². The summed E-state index contributed by atoms with van der Waals surface area (Å²) in [5.41, 5.74) is 5.00. The van der Waals surface area contributed by atoms with E-state index in [4.69, 9.17) is 0 Å². The van der Waals surface area contributed by atoms with Crippen molar-refractivity contribution < 1.29 is 4.79 Å². The number of hydrogen-bond donors (Lipinski definition) is 0. The summed E-state index contributed by atoms with van der Waals surface area (Å²) in [4.78, 5) is 10.9. The summed E-state index contributed by atoms with van der Waals surface area (Å²) in [6, 6.07) is 6.04. The maximum absolute atomic E-state index is 10.9. The smallest absolute Gasteiger partial charge is 0.150 e. The van der Waals surface area contributed by atoms with Crippen molar-refractivity contribution in [3.8, 4) is 0 Å². The van der Waals surface area contributed by atoms with Gasteiger partial charge in [-0.2, -0.15) is 0 Å². The zero-order chi connectivity index (χ0) is 11.8. The minimum atomic E-state index is 0.787. The number of benzene rings is 1. The molecule has 0 bridgehead atoms. The molecule has 0 spiro atoms. The van der Waals surface area contributed by atoms with Crippen molar-refractivity contribution >= 4 is 17.2 Å². The van der Waals surface area contributed by atoms with Crippen LogP contribution in [0.3, 0.4) is 0 Å². The van der Waals surface area contributed by atoms with Gasteiger partial charge in [0.05, 0.1) is 0 Å². The topological polar surface area (TPSA) is 22.0 Å². The standard InChI is InChI=1S/C15H17NO/c1-16-14-6-4-2-3-5-12(14)13-9-11(10-17)7-8-15(13)16/h7-10H,2-6H2,1H3. The fraction of sp³-hybridized carbons (Fsp3) is 0.400. The van der Waals surface area contributed by atoms with Gasteiger partial charge in [-0.25, -0.2) is 0 Å². The van der Waals surface area contributed by atoms with Crippen LogP contribution in [0.25, 0.3) is 10.9 Å². The average molecular weight is 227 g/mol. The van der Waals surface area contributed by atoms with E-state index in [1.165, 1.54) is 47.8 Å². The number of carbonyl (C=O) groups excluding carboxylic acids is 1. The molecule has 0 N–H and O–H groups in total. The summed E-state index contributed by atoms with van der Waals surface area (Å²) >= 11 is 0. The van der Waals surface area contributed by atoms with E-state index in [-0.39, 0.29) is 0 Å². The van der Waals surface area contributed by atoms with Gasteiger partial charge in [0.25, 0.3) is 0 Å². The average Bonchev–Trinajstić information content (AvgIpc) is 2.57. The van der Waals surface area contributed by atoms with Crippen molar-refractivity contribution in [1.29, 1.82) is 0 Å². The lowest BCUT2D eigenvalue weighted by Crippen LogP contribution is -1.96. The third kappa shape index (κ3) is 1.59. The quantitative estimate of drug-likeness (QED) is 0.541. The van der Waals surface area contributed by atoms with E-state index in [9.17, 15) is 4.79 Å². The van der Waals surface area contributed by atoms with Crippen LogP contribution in [0.4, 0.5) is 0 Å². The van der Waals surface area contributed by atoms with Gasteiger partial charge in [-0.05, 0) is 49.4 Å². The minimum absolute atomic E-state index is 0.787. The Hall–Kier alpha value is -1.57. The molecule has 2 aromatic rings. The van der Waals surface area contributed by atoms with E-state index in [1.807, 2.05) is 12.1 Å². The number of carbonyl (C=O) groups is 1. The summed E-state index contributed by atoms with van der Waals surface area (Å²) in [6.07, 6.45) is 7.17. The van der Waals surface area contributed by atoms with Gasteiger partial charge in [-0.15, -0.1) is 0 Å². The summed E-state index contributed by atoms with van der Waals surface area (Å²) in [6.45, 7) is 0. The van der Waals surface area contributed by atoms with Crippen molar-refractivity contribution in [3.63, 3.8) is 0 Å². The molecule has 0 radical (unpaired) electrons. The highest BCUT2D eigenvalue weighted by Gasteiger charge is 2.17. The van der Waals surface area contributed by atoms with Crippen LogP contribution in [0.5, 0.6) is 0 Å². The molecule has 0 saturated heterocycles. The fourth-order valence-corrected chi connectivity index (χ4v) is 3.03. The second-order valence-electron chi connectivity index (χ2n) is 4.94. The Labute approximate surface area is 101 Å². The molecule has 17 heavy (non-hydrogen) atoms. The van der Waals surface area contributed by atoms with Gasteiger partial charge >= 0.3 is 0 Å². The van der Waals surface area contributed by atoms with E-state index >= 15 is 0 Å². The molecule has 1 heterocycles. The molecular formula is C15H17NO. The lowest BCUT2D eigenvalue weighted by atomic mass is 10.0. The zero-order valence-corrected chi connectivity index (χ0v) is 10.2. The highest BCUT2D eigenvalue weighted by molar-refractivity contribution is 5.91. The highest BCUT2D eigenvalue weighted by atomic mass is 16.1. The van der Waals surface area contributed by atoms with E-state index in [2.05, 4.69) is 17.7 Å². The van der Waals surface area contributed by atoms with Gasteiger partial charge in [-0.1, -0.05) is 6.42 Å². The van der Waals surface area contributed by atoms with Crippen molar-refractivity contribution in [2.75, 3.05) is 0 Å². The molecule has 1 aromatic heterocycles. The Kier molecular flexibility index (Phi) is 2.50. The fourth-order valence-electron chi connectivity index (χ4n) is 3.03. The third-order valence-electron chi connectivity index (χ3n) is 3.94. The third-order valence-corrected chi connectivity index (χ3v) is 3.94. The predicted molar refractivity (Wildman–Crippen MR) is 69.6 cm³/mol. The molecule has 0 amide bonds. The molecule has 1 aliphatic carbocycles. The largest absolute Gasteiger partial charge is 0.347 e. The van der Waals surface area contributed by atoms with E-state index < -0.39 is 0 Å². The highest BCUT2D eigenvalue weighted by Crippen LogP contribution is 2.31. The number of aldehydes is 1. The molecule has 0 aliphatic heterocycles. The van der Waals surface area contributed by atoms with E-state index in [0.29, 0.717) is 0 Å². The molecule has 1 aromatic carbocycles. The Bertz CT molecular complexity index is 580. The Morgan fingerprint density at radius 2 is 2.00 bits per heavy atom. The maximum atomic E-state index is 10.9. The SMILES string of the molecule is Cn1c2c(c3cc(C=O)ccc31)CCCCC2. The Morgan fingerprint density at radius 1 is 1.18 bits per heavy atom. The maximum Gasteiger partial charge on any atom is 0.150 e. The van der Waals surface area contributed by atoms with Gasteiger partial charge in [-0.3, -0.25) is 4.79 Å². The molecule has 1 aliphatic rings. The summed E-state index contributed by atoms with van der Waals surface area (Å²) < 4.78 is 2.31. The minimum Gasteiger partial charge on any atom is -0.347 e. The summed E-state index contributed by atoms with van der Waals surface area (Å²) in [5, 5.41) is 1.29. The van der Waals surface area contributed by atoms with Crippen molar-refractivity contribution in [2.45, 2.75) is 32.1 Å². The number of rotatable bonds is 1. The number of nitrogens with zero attached hydrogens (tertiary/aromatic N) is 1. The molecule has 2 nitrogen and oxygen atoms in total. The zero-order valence-electron chi connectivity index (χ0n) is 10.2. The van der Waals surface area contributed by atoms with Crippen LogP contribution in [-0.4, -0.2) is 10.9 Å². The first-order valence-corrected chi connectivity index (χ1v) is 6.36. The summed E-state index contributed by atoms with van der Waals surface area (Å²) in [5.74, 6) is 0. The molecule has 0 saturated carbocycles. The predicted octanol–water partition coefficient (Wildman–Crippen LogP) is 3.26. The summed E-state index contributed by atoms with van der Waals surface area (Å²) in [7, 11) is 2.15. The number of aromatic nitrogens is 1. The Morgan fingerprint density at radius 3 is 2.82 bits per heavy atom. The molecule has 0 atom stereocenters. The lowest BCUT2D eigenvalue weighted by Gasteiger charge is -2.02. The van der Waals surface area contributed by atoms with Crippen LogP contribution in [0.2, 0.25) is 0 Å². The Balaban J connectivity index is 2.30. The van der Waals surface area contributed by atoms with Gasteiger partial charge in [0.15, 0.2) is 0 Å². The van der Waals surface area contributed by atoms with Crippen LogP contribution in [0.15, 0.2) is 18.2 Å². The van der Waals surface area contributed by atoms with Crippen LogP contribution in [-0.2, 0) is 19.9 Å². The molecule has 0 fully saturated rings. The van der Waals surface area contributed by atoms with Crippen molar-refractivity contribution in [3.05, 3.63) is 35.0 Å². The monoisotopic (exact) mass is 227 g/mol. The van der Waals surface area contributed by atoms with Crippen LogP contribution in [0, 0.1) is 0 Å². The van der Waals surface area contributed by atoms with E-state index in [0.717, 1.165) is 18.3 Å². The molecule has 3 rings (SSSR count). The van der Waals surface area contributed by atoms with Crippen LogP contribution >= 0.6 is 0 Å². The first-order chi connectivity index (χ1) is 8.31. The second kappa shape index (κ2) is 4.02. The second-order valence-corrected chi connectivity index (χ2v) is 4.94. The lowest BCUT2D eigenvalue weighted by molar-refractivity contribution is 0.112. The number of hydrogen-bond acceptors (Lipinski definition) is 1. The number of aryl methyl sites for hydroxylation is 2. The van der Waals surface area contributed by atoms with Gasteiger partial charge in [0.2, 0.25) is 0 Å². The van der Waals surface area contributed by atoms with Crippen LogP contribution in [0.1, 0.15) is 40.9 Å². The first-order valence-electron chi connectivity index (χ1n) is 6.36.